The minimum absolute atomic E-state index is 0.460. The van der Waals surface area contributed by atoms with Gasteiger partial charge in [-0.1, -0.05) is 12.8 Å². The zero-order valence-electron chi connectivity index (χ0n) is 8.86. The summed E-state index contributed by atoms with van der Waals surface area (Å²) in [6.07, 6.45) is 4.99. The summed E-state index contributed by atoms with van der Waals surface area (Å²) in [5.41, 5.74) is 1.59. The van der Waals surface area contributed by atoms with Crippen molar-refractivity contribution in [1.29, 1.82) is 5.26 Å². The molecule has 3 heteroatoms. The molecule has 1 heterocycles. The van der Waals surface area contributed by atoms with Gasteiger partial charge in [-0.3, -0.25) is 0 Å². The largest absolute Gasteiger partial charge is 0.480 e. The van der Waals surface area contributed by atoms with Crippen LogP contribution in [-0.4, -0.2) is 12.1 Å². The lowest BCUT2D eigenvalue weighted by atomic mass is 10.0. The molecule has 0 N–H and O–H groups in total. The van der Waals surface area contributed by atoms with Gasteiger partial charge in [0, 0.05) is 11.6 Å². The summed E-state index contributed by atoms with van der Waals surface area (Å²) in [6.45, 7) is 0. The van der Waals surface area contributed by atoms with Crippen LogP contribution in [0.2, 0.25) is 0 Å². The summed E-state index contributed by atoms with van der Waals surface area (Å²) in [7, 11) is 1.56. The second-order valence-corrected chi connectivity index (χ2v) is 3.89. The van der Waals surface area contributed by atoms with Gasteiger partial charge in [-0.25, -0.2) is 4.98 Å². The van der Waals surface area contributed by atoms with Gasteiger partial charge in [-0.2, -0.15) is 5.26 Å². The van der Waals surface area contributed by atoms with E-state index in [4.69, 9.17) is 10.00 Å². The van der Waals surface area contributed by atoms with Crippen LogP contribution in [0.1, 0.15) is 42.9 Å². The smallest absolute Gasteiger partial charge is 0.231 e. The van der Waals surface area contributed by atoms with Gasteiger partial charge in [0.2, 0.25) is 5.88 Å². The van der Waals surface area contributed by atoms with E-state index in [-0.39, 0.29) is 0 Å². The molecule has 3 nitrogen and oxygen atoms in total. The highest BCUT2D eigenvalue weighted by Gasteiger charge is 2.19. The Bertz CT molecular complexity index is 389. The second-order valence-electron chi connectivity index (χ2n) is 3.89. The van der Waals surface area contributed by atoms with E-state index in [2.05, 4.69) is 11.1 Å². The van der Waals surface area contributed by atoms with Crippen LogP contribution in [0, 0.1) is 11.3 Å². The first-order valence-electron chi connectivity index (χ1n) is 5.30. The fraction of sp³-hybridized carbons (Fsp3) is 0.500. The van der Waals surface area contributed by atoms with Gasteiger partial charge in [0.05, 0.1) is 7.11 Å². The Labute approximate surface area is 89.7 Å². The Morgan fingerprint density at radius 1 is 1.40 bits per heavy atom. The van der Waals surface area contributed by atoms with E-state index in [0.717, 1.165) is 5.69 Å². The Morgan fingerprint density at radius 2 is 2.13 bits per heavy atom. The lowest BCUT2D eigenvalue weighted by Gasteiger charge is -2.10. The summed E-state index contributed by atoms with van der Waals surface area (Å²) < 4.78 is 5.10. The standard InChI is InChI=1S/C12H14N2O/c1-15-12-10(8-13)6-7-11(14-12)9-4-2-3-5-9/h6-7,9H,2-5H2,1H3. The van der Waals surface area contributed by atoms with Crippen molar-refractivity contribution in [2.24, 2.45) is 0 Å². The monoisotopic (exact) mass is 202 g/mol. The zero-order valence-corrected chi connectivity index (χ0v) is 8.86. The van der Waals surface area contributed by atoms with Crippen molar-refractivity contribution in [3.05, 3.63) is 23.4 Å². The van der Waals surface area contributed by atoms with Gasteiger partial charge >= 0.3 is 0 Å². The molecule has 0 aliphatic heterocycles. The number of nitriles is 1. The molecule has 0 spiro atoms. The van der Waals surface area contributed by atoms with Gasteiger partial charge in [-0.15, -0.1) is 0 Å². The number of ether oxygens (including phenoxy) is 1. The maximum Gasteiger partial charge on any atom is 0.231 e. The van der Waals surface area contributed by atoms with E-state index in [1.165, 1.54) is 25.7 Å². The van der Waals surface area contributed by atoms with Crippen LogP contribution in [0.5, 0.6) is 5.88 Å². The molecule has 1 aromatic rings. The van der Waals surface area contributed by atoms with Gasteiger partial charge in [0.15, 0.2) is 0 Å². The lowest BCUT2D eigenvalue weighted by Crippen LogP contribution is -2.00. The first-order valence-corrected chi connectivity index (χ1v) is 5.30. The molecular weight excluding hydrogens is 188 g/mol. The maximum atomic E-state index is 8.84. The Hall–Kier alpha value is -1.56. The third kappa shape index (κ3) is 1.94. The normalized spacial score (nSPS) is 16.3. The van der Waals surface area contributed by atoms with Crippen molar-refractivity contribution < 1.29 is 4.74 Å². The highest BCUT2D eigenvalue weighted by Crippen LogP contribution is 2.34. The van der Waals surface area contributed by atoms with Crippen molar-refractivity contribution in [2.45, 2.75) is 31.6 Å². The van der Waals surface area contributed by atoms with Crippen LogP contribution >= 0.6 is 0 Å². The molecule has 0 saturated heterocycles. The molecule has 0 aromatic carbocycles. The predicted molar refractivity (Wildman–Crippen MR) is 56.7 cm³/mol. The van der Waals surface area contributed by atoms with Gasteiger partial charge in [-0.05, 0) is 25.0 Å². The molecule has 1 saturated carbocycles. The van der Waals surface area contributed by atoms with Crippen LogP contribution in [0.15, 0.2) is 12.1 Å². The molecule has 0 atom stereocenters. The van der Waals surface area contributed by atoms with Crippen molar-refractivity contribution in [3.8, 4) is 11.9 Å². The average molecular weight is 202 g/mol. The van der Waals surface area contributed by atoms with E-state index >= 15 is 0 Å². The number of nitrogens with zero attached hydrogens (tertiary/aromatic N) is 2. The van der Waals surface area contributed by atoms with Gasteiger partial charge in [0.1, 0.15) is 11.6 Å². The summed E-state index contributed by atoms with van der Waals surface area (Å²) in [5.74, 6) is 1.02. The van der Waals surface area contributed by atoms with Gasteiger partial charge in [0.25, 0.3) is 0 Å². The molecule has 1 fully saturated rings. The molecule has 1 aliphatic carbocycles. The van der Waals surface area contributed by atoms with Crippen LogP contribution in [0.3, 0.4) is 0 Å². The predicted octanol–water partition coefficient (Wildman–Crippen LogP) is 2.62. The SMILES string of the molecule is COc1nc(C2CCCC2)ccc1C#N. The molecule has 2 rings (SSSR count). The van der Waals surface area contributed by atoms with Gasteiger partial charge < -0.3 is 4.74 Å². The number of hydrogen-bond donors (Lipinski definition) is 0. The summed E-state index contributed by atoms with van der Waals surface area (Å²) >= 11 is 0. The highest BCUT2D eigenvalue weighted by molar-refractivity contribution is 5.39. The summed E-state index contributed by atoms with van der Waals surface area (Å²) in [6, 6.07) is 5.84. The fourth-order valence-electron chi connectivity index (χ4n) is 2.14. The molecule has 0 bridgehead atoms. The maximum absolute atomic E-state index is 8.84. The molecule has 0 radical (unpaired) electrons. The van der Waals surface area contributed by atoms with E-state index in [1.807, 2.05) is 6.07 Å². The minimum Gasteiger partial charge on any atom is -0.480 e. The lowest BCUT2D eigenvalue weighted by molar-refractivity contribution is 0.393. The molecule has 0 unspecified atom stereocenters. The van der Waals surface area contributed by atoms with E-state index < -0.39 is 0 Å². The number of pyridine rings is 1. The molecule has 1 aliphatic rings. The molecule has 78 valence electrons. The number of rotatable bonds is 2. The number of aromatic nitrogens is 1. The first kappa shape index (κ1) is 9.97. The number of methoxy groups -OCH3 is 1. The average Bonchev–Trinajstić information content (AvgIpc) is 2.81. The molecule has 15 heavy (non-hydrogen) atoms. The first-order chi connectivity index (χ1) is 7.35. The van der Waals surface area contributed by atoms with E-state index in [1.54, 1.807) is 13.2 Å². The molecule has 0 amide bonds. The quantitative estimate of drug-likeness (QED) is 0.740. The molecular formula is C12H14N2O. The van der Waals surface area contributed by atoms with Crippen LogP contribution in [-0.2, 0) is 0 Å². The number of hydrogen-bond acceptors (Lipinski definition) is 3. The third-order valence-corrected chi connectivity index (χ3v) is 2.97. The van der Waals surface area contributed by atoms with E-state index in [9.17, 15) is 0 Å². The zero-order chi connectivity index (χ0) is 10.7. The van der Waals surface area contributed by atoms with Crippen molar-refractivity contribution >= 4 is 0 Å². The topological polar surface area (TPSA) is 45.9 Å². The van der Waals surface area contributed by atoms with Crippen molar-refractivity contribution in [3.63, 3.8) is 0 Å². The van der Waals surface area contributed by atoms with E-state index in [0.29, 0.717) is 17.4 Å². The van der Waals surface area contributed by atoms with Crippen LogP contribution in [0.4, 0.5) is 0 Å². The van der Waals surface area contributed by atoms with Crippen molar-refractivity contribution in [1.82, 2.24) is 4.98 Å². The second kappa shape index (κ2) is 4.31. The third-order valence-electron chi connectivity index (χ3n) is 2.97. The van der Waals surface area contributed by atoms with Crippen LogP contribution in [0.25, 0.3) is 0 Å². The Morgan fingerprint density at radius 3 is 2.73 bits per heavy atom. The summed E-state index contributed by atoms with van der Waals surface area (Å²) in [4.78, 5) is 4.40. The summed E-state index contributed by atoms with van der Waals surface area (Å²) in [5, 5.41) is 8.84. The highest BCUT2D eigenvalue weighted by atomic mass is 16.5. The Balaban J connectivity index is 2.30. The minimum atomic E-state index is 0.460. The van der Waals surface area contributed by atoms with Crippen LogP contribution < -0.4 is 4.74 Å². The Kier molecular flexibility index (Phi) is 2.86. The fourth-order valence-corrected chi connectivity index (χ4v) is 2.14. The van der Waals surface area contributed by atoms with Crippen molar-refractivity contribution in [2.75, 3.05) is 7.11 Å². The molecule has 1 aromatic heterocycles.